The van der Waals surface area contributed by atoms with Gasteiger partial charge in [-0.05, 0) is 17.7 Å². The number of thiol groups is 2. The molecule has 0 N–H and O–H groups in total. The molecule has 0 saturated heterocycles. The predicted octanol–water partition coefficient (Wildman–Crippen LogP) is 2.44. The molecule has 6 heteroatoms. The Kier molecular flexibility index (Phi) is 3.17. The molecule has 1 aliphatic rings. The number of rotatable bonds is 3. The lowest BCUT2D eigenvalue weighted by Crippen LogP contribution is -1.92. The van der Waals surface area contributed by atoms with Crippen molar-refractivity contribution in [2.24, 2.45) is 0 Å². The topological polar surface area (TPSA) is 36.9 Å². The molecule has 1 aliphatic heterocycles. The molecule has 0 atom stereocenters. The molecule has 1 aromatic carbocycles. The molecular formula is C9H8O4S2. The number of benzene rings is 1. The molecule has 0 aromatic heterocycles. The molecule has 1 heterocycles. The van der Waals surface area contributed by atoms with E-state index in [1.165, 1.54) is 0 Å². The van der Waals surface area contributed by atoms with Crippen LogP contribution in [0.1, 0.15) is 5.56 Å². The first kappa shape index (κ1) is 10.4. The van der Waals surface area contributed by atoms with Crippen LogP contribution in [-0.4, -0.2) is 6.79 Å². The van der Waals surface area contributed by atoms with Gasteiger partial charge in [-0.25, -0.2) is 0 Å². The van der Waals surface area contributed by atoms with Crippen molar-refractivity contribution in [2.45, 2.75) is 0 Å². The van der Waals surface area contributed by atoms with Crippen molar-refractivity contribution >= 4 is 31.9 Å². The highest BCUT2D eigenvalue weighted by atomic mass is 32.1. The van der Waals surface area contributed by atoms with Gasteiger partial charge in [0.05, 0.1) is 0 Å². The highest BCUT2D eigenvalue weighted by Gasteiger charge is 2.12. The molecule has 0 aliphatic carbocycles. The lowest BCUT2D eigenvalue weighted by molar-refractivity contribution is 0.174. The Balaban J connectivity index is 2.26. The van der Waals surface area contributed by atoms with Crippen molar-refractivity contribution in [2.75, 3.05) is 6.79 Å². The quantitative estimate of drug-likeness (QED) is 0.486. The molecular weight excluding hydrogens is 236 g/mol. The van der Waals surface area contributed by atoms with Crippen molar-refractivity contribution in [3.63, 3.8) is 0 Å². The van der Waals surface area contributed by atoms with Gasteiger partial charge in [0.15, 0.2) is 11.5 Å². The zero-order valence-electron chi connectivity index (χ0n) is 7.54. The van der Waals surface area contributed by atoms with E-state index in [2.05, 4.69) is 34.2 Å². The fourth-order valence-corrected chi connectivity index (χ4v) is 1.45. The zero-order chi connectivity index (χ0) is 10.7. The average molecular weight is 244 g/mol. The van der Waals surface area contributed by atoms with Gasteiger partial charge < -0.3 is 17.8 Å². The van der Waals surface area contributed by atoms with Gasteiger partial charge >= 0.3 is 5.95 Å². The van der Waals surface area contributed by atoms with E-state index in [4.69, 9.17) is 9.47 Å². The van der Waals surface area contributed by atoms with Crippen LogP contribution in [-0.2, 0) is 8.37 Å². The van der Waals surface area contributed by atoms with Crippen LogP contribution >= 0.6 is 25.8 Å². The first-order valence-corrected chi connectivity index (χ1v) is 4.80. The van der Waals surface area contributed by atoms with Gasteiger partial charge in [0.1, 0.15) is 0 Å². The summed E-state index contributed by atoms with van der Waals surface area (Å²) in [5.41, 5.74) is 0.845. The fraction of sp³-hybridized carbons (Fsp3) is 0.111. The molecule has 80 valence electrons. The van der Waals surface area contributed by atoms with E-state index in [-0.39, 0.29) is 12.7 Å². The van der Waals surface area contributed by atoms with Gasteiger partial charge in [-0.2, -0.15) is 0 Å². The summed E-state index contributed by atoms with van der Waals surface area (Å²) in [7, 11) is 0. The highest BCUT2D eigenvalue weighted by molar-refractivity contribution is 7.75. The smallest absolute Gasteiger partial charge is 0.304 e. The molecule has 15 heavy (non-hydrogen) atoms. The van der Waals surface area contributed by atoms with Gasteiger partial charge in [-0.3, -0.25) is 0 Å². The van der Waals surface area contributed by atoms with Crippen LogP contribution in [0.15, 0.2) is 24.1 Å². The first-order chi connectivity index (χ1) is 7.33. The summed E-state index contributed by atoms with van der Waals surface area (Å²) in [6, 6.07) is 5.46. The summed E-state index contributed by atoms with van der Waals surface area (Å²) < 4.78 is 19.6. The summed E-state index contributed by atoms with van der Waals surface area (Å²) in [5.74, 6) is 1.61. The number of ether oxygens (including phenoxy) is 2. The Morgan fingerprint density at radius 3 is 2.67 bits per heavy atom. The summed E-state index contributed by atoms with van der Waals surface area (Å²) in [4.78, 5) is 0. The van der Waals surface area contributed by atoms with Crippen molar-refractivity contribution in [3.8, 4) is 11.5 Å². The standard InChI is InChI=1S/C9H8O4S2/c14-12-9(13-15)4-6-1-2-7-8(3-6)11-5-10-7/h1-4,14-15H,5H2. The summed E-state index contributed by atoms with van der Waals surface area (Å²) >= 11 is 7.22. The fourth-order valence-electron chi connectivity index (χ4n) is 1.21. The van der Waals surface area contributed by atoms with Crippen LogP contribution in [0.3, 0.4) is 0 Å². The van der Waals surface area contributed by atoms with Crippen molar-refractivity contribution < 1.29 is 17.8 Å². The number of hydrogen-bond donors (Lipinski definition) is 2. The van der Waals surface area contributed by atoms with E-state index in [1.807, 2.05) is 18.2 Å². The van der Waals surface area contributed by atoms with Gasteiger partial charge in [-0.1, -0.05) is 6.07 Å². The molecule has 0 amide bonds. The van der Waals surface area contributed by atoms with Crippen molar-refractivity contribution in [1.29, 1.82) is 0 Å². The molecule has 4 nitrogen and oxygen atoms in total. The third kappa shape index (κ3) is 2.27. The van der Waals surface area contributed by atoms with Gasteiger partial charge in [0.25, 0.3) is 0 Å². The maximum Gasteiger partial charge on any atom is 0.304 e. The van der Waals surface area contributed by atoms with E-state index in [0.717, 1.165) is 11.3 Å². The second-order valence-electron chi connectivity index (χ2n) is 2.76. The Morgan fingerprint density at radius 1 is 1.20 bits per heavy atom. The zero-order valence-corrected chi connectivity index (χ0v) is 9.33. The molecule has 0 bridgehead atoms. The minimum absolute atomic E-state index is 0.181. The maximum absolute atomic E-state index is 5.22. The Hall–Kier alpha value is -1.14. The third-order valence-electron chi connectivity index (χ3n) is 1.86. The molecule has 0 spiro atoms. The molecule has 0 fully saturated rings. The van der Waals surface area contributed by atoms with E-state index >= 15 is 0 Å². The second-order valence-corrected chi connectivity index (χ2v) is 3.12. The van der Waals surface area contributed by atoms with Crippen LogP contribution in [0.25, 0.3) is 6.08 Å². The number of hydrogen-bond acceptors (Lipinski definition) is 6. The van der Waals surface area contributed by atoms with Crippen molar-refractivity contribution in [1.82, 2.24) is 0 Å². The normalized spacial score (nSPS) is 12.1. The maximum atomic E-state index is 5.22. The Bertz CT molecular complexity index is 386. The average Bonchev–Trinajstić information content (AvgIpc) is 2.73. The predicted molar refractivity (Wildman–Crippen MR) is 60.7 cm³/mol. The SMILES string of the molecule is SOC(=Cc1ccc2c(c1)OCO2)OS. The van der Waals surface area contributed by atoms with Crippen LogP contribution in [0.2, 0.25) is 0 Å². The van der Waals surface area contributed by atoms with E-state index in [0.29, 0.717) is 5.75 Å². The highest BCUT2D eigenvalue weighted by Crippen LogP contribution is 2.33. The van der Waals surface area contributed by atoms with Crippen LogP contribution in [0.5, 0.6) is 11.5 Å². The Morgan fingerprint density at radius 2 is 1.93 bits per heavy atom. The van der Waals surface area contributed by atoms with Crippen LogP contribution in [0, 0.1) is 0 Å². The molecule has 0 radical (unpaired) electrons. The number of fused-ring (bicyclic) bond motifs is 1. The Labute approximate surface area is 98.0 Å². The molecule has 2 rings (SSSR count). The van der Waals surface area contributed by atoms with Gasteiger partial charge in [-0.15, -0.1) is 0 Å². The minimum atomic E-state index is 0.181. The summed E-state index contributed by atoms with van der Waals surface area (Å²) in [6.07, 6.45) is 1.63. The summed E-state index contributed by atoms with van der Waals surface area (Å²) in [6.45, 7) is 0.251. The third-order valence-corrected chi connectivity index (χ3v) is 2.22. The van der Waals surface area contributed by atoms with Crippen molar-refractivity contribution in [3.05, 3.63) is 29.7 Å². The second kappa shape index (κ2) is 4.59. The van der Waals surface area contributed by atoms with Crippen LogP contribution < -0.4 is 9.47 Å². The largest absolute Gasteiger partial charge is 0.454 e. The van der Waals surface area contributed by atoms with Gasteiger partial charge in [0, 0.05) is 31.9 Å². The van der Waals surface area contributed by atoms with E-state index in [9.17, 15) is 0 Å². The molecule has 1 aromatic rings. The molecule has 0 unspecified atom stereocenters. The first-order valence-electron chi connectivity index (χ1n) is 4.07. The lowest BCUT2D eigenvalue weighted by atomic mass is 10.2. The molecule has 0 saturated carbocycles. The van der Waals surface area contributed by atoms with Gasteiger partial charge in [0.2, 0.25) is 6.79 Å². The monoisotopic (exact) mass is 244 g/mol. The minimum Gasteiger partial charge on any atom is -0.454 e. The van der Waals surface area contributed by atoms with E-state index < -0.39 is 0 Å². The summed E-state index contributed by atoms with van der Waals surface area (Å²) in [5, 5.41) is 0. The van der Waals surface area contributed by atoms with Crippen LogP contribution in [0.4, 0.5) is 0 Å². The van der Waals surface area contributed by atoms with E-state index in [1.54, 1.807) is 6.08 Å². The lowest BCUT2D eigenvalue weighted by Gasteiger charge is -2.01.